The predicted molar refractivity (Wildman–Crippen MR) is 66.6 cm³/mol. The first-order valence-corrected chi connectivity index (χ1v) is 6.16. The molecule has 3 atom stereocenters. The summed E-state index contributed by atoms with van der Waals surface area (Å²) in [6.07, 6.45) is -2.13. The van der Waals surface area contributed by atoms with Gasteiger partial charge in [0.05, 0.1) is 0 Å². The van der Waals surface area contributed by atoms with Crippen molar-refractivity contribution in [2.75, 3.05) is 0 Å². The summed E-state index contributed by atoms with van der Waals surface area (Å²) in [7, 11) is 0. The zero-order valence-electron chi connectivity index (χ0n) is 10.9. The van der Waals surface area contributed by atoms with Crippen LogP contribution in [0, 0.1) is 5.92 Å². The second-order valence-corrected chi connectivity index (χ2v) is 4.66. The number of esters is 1. The number of amides is 1. The van der Waals surface area contributed by atoms with Gasteiger partial charge in [0.15, 0.2) is 6.23 Å². The molecule has 0 saturated carbocycles. The number of hydrogen-bond acceptors (Lipinski definition) is 3. The molecule has 1 amide bonds. The van der Waals surface area contributed by atoms with Gasteiger partial charge in [0.1, 0.15) is 12.1 Å². The first-order chi connectivity index (χ1) is 9.00. The lowest BCUT2D eigenvalue weighted by molar-refractivity contribution is -0.204. The fourth-order valence-corrected chi connectivity index (χ4v) is 2.23. The molecule has 1 aliphatic heterocycles. The van der Waals surface area contributed by atoms with Crippen LogP contribution in [0.15, 0.2) is 30.3 Å². The summed E-state index contributed by atoms with van der Waals surface area (Å²) >= 11 is 0. The molecular formula is C14H16FNO3. The lowest BCUT2D eigenvalue weighted by Crippen LogP contribution is -2.64. The SMILES string of the molecule is CC(=O)O[C@H]1[C@@H]([C@@H](C)F)C(=O)N1Cc1ccccc1. The van der Waals surface area contributed by atoms with E-state index in [1.165, 1.54) is 18.7 Å². The predicted octanol–water partition coefficient (Wildman–Crippen LogP) is 1.89. The van der Waals surface area contributed by atoms with E-state index in [1.54, 1.807) is 0 Å². The van der Waals surface area contributed by atoms with Crippen molar-refractivity contribution < 1.29 is 18.7 Å². The number of halogens is 1. The molecule has 2 rings (SSSR count). The van der Waals surface area contributed by atoms with Crippen molar-refractivity contribution in [2.45, 2.75) is 32.8 Å². The minimum Gasteiger partial charge on any atom is -0.441 e. The zero-order chi connectivity index (χ0) is 14.0. The van der Waals surface area contributed by atoms with Crippen LogP contribution in [0.3, 0.4) is 0 Å². The number of rotatable bonds is 4. The van der Waals surface area contributed by atoms with Gasteiger partial charge in [-0.25, -0.2) is 4.39 Å². The summed E-state index contributed by atoms with van der Waals surface area (Å²) in [6.45, 7) is 2.88. The molecule has 0 radical (unpaired) electrons. The van der Waals surface area contributed by atoms with Crippen LogP contribution in [0.5, 0.6) is 0 Å². The van der Waals surface area contributed by atoms with E-state index in [2.05, 4.69) is 0 Å². The molecular weight excluding hydrogens is 249 g/mol. The molecule has 0 aliphatic carbocycles. The Morgan fingerprint density at radius 3 is 2.58 bits per heavy atom. The molecule has 1 heterocycles. The third-order valence-corrected chi connectivity index (χ3v) is 3.16. The second kappa shape index (κ2) is 5.38. The van der Waals surface area contributed by atoms with Crippen LogP contribution in [0.2, 0.25) is 0 Å². The Hall–Kier alpha value is -1.91. The number of hydrogen-bond donors (Lipinski definition) is 0. The minimum atomic E-state index is -1.33. The molecule has 1 aliphatic rings. The standard InChI is InChI=1S/C14H16FNO3/c1-9(15)12-13(18)16(14(12)19-10(2)17)8-11-6-4-3-5-7-11/h3-7,9,12,14H,8H2,1-2H3/t9-,12+,14+/m1/s1. The number of β-lactam (4-membered cyclic amide) rings is 1. The summed E-state index contributed by atoms with van der Waals surface area (Å²) in [6, 6.07) is 9.32. The van der Waals surface area contributed by atoms with Gasteiger partial charge < -0.3 is 9.64 Å². The van der Waals surface area contributed by atoms with Crippen molar-refractivity contribution >= 4 is 11.9 Å². The van der Waals surface area contributed by atoms with E-state index in [4.69, 9.17) is 4.74 Å². The van der Waals surface area contributed by atoms with Gasteiger partial charge in [0.25, 0.3) is 0 Å². The number of alkyl halides is 1. The molecule has 1 aromatic rings. The van der Waals surface area contributed by atoms with Gasteiger partial charge in [-0.1, -0.05) is 30.3 Å². The van der Waals surface area contributed by atoms with Crippen LogP contribution in [-0.4, -0.2) is 29.2 Å². The average Bonchev–Trinajstić information content (AvgIpc) is 2.36. The molecule has 1 fully saturated rings. The monoisotopic (exact) mass is 265 g/mol. The van der Waals surface area contributed by atoms with Gasteiger partial charge in [0.2, 0.25) is 5.91 Å². The van der Waals surface area contributed by atoms with Crippen molar-refractivity contribution in [3.05, 3.63) is 35.9 Å². The molecule has 0 unspecified atom stereocenters. The number of benzene rings is 1. The Balaban J connectivity index is 2.10. The minimum absolute atomic E-state index is 0.315. The van der Waals surface area contributed by atoms with Crippen LogP contribution in [0.25, 0.3) is 0 Å². The molecule has 1 saturated heterocycles. The van der Waals surface area contributed by atoms with E-state index in [0.717, 1.165) is 5.56 Å². The number of carbonyl (C=O) groups is 2. The van der Waals surface area contributed by atoms with Crippen LogP contribution >= 0.6 is 0 Å². The third kappa shape index (κ3) is 2.75. The van der Waals surface area contributed by atoms with Crippen LogP contribution in [0.1, 0.15) is 19.4 Å². The van der Waals surface area contributed by atoms with E-state index in [1.807, 2.05) is 30.3 Å². The molecule has 102 valence electrons. The van der Waals surface area contributed by atoms with Crippen molar-refractivity contribution in [1.82, 2.24) is 4.90 Å². The maximum Gasteiger partial charge on any atom is 0.304 e. The normalized spacial score (nSPS) is 23.7. The van der Waals surface area contributed by atoms with Crippen molar-refractivity contribution in [3.63, 3.8) is 0 Å². The van der Waals surface area contributed by atoms with E-state index < -0.39 is 24.3 Å². The Bertz CT molecular complexity index is 475. The number of likely N-dealkylation sites (tertiary alicyclic amines) is 1. The molecule has 4 nitrogen and oxygen atoms in total. The third-order valence-electron chi connectivity index (χ3n) is 3.16. The molecule has 0 aromatic heterocycles. The molecule has 5 heteroatoms. The molecule has 19 heavy (non-hydrogen) atoms. The van der Waals surface area contributed by atoms with E-state index >= 15 is 0 Å². The van der Waals surface area contributed by atoms with Crippen molar-refractivity contribution in [3.8, 4) is 0 Å². The Morgan fingerprint density at radius 2 is 2.05 bits per heavy atom. The fourth-order valence-electron chi connectivity index (χ4n) is 2.23. The number of nitrogens with zero attached hydrogens (tertiary/aromatic N) is 1. The van der Waals surface area contributed by atoms with Gasteiger partial charge in [-0.05, 0) is 12.5 Å². The first-order valence-electron chi connectivity index (χ1n) is 6.16. The summed E-state index contributed by atoms with van der Waals surface area (Å²) in [5.41, 5.74) is 0.915. The second-order valence-electron chi connectivity index (χ2n) is 4.66. The maximum absolute atomic E-state index is 13.4. The molecule has 1 aromatic carbocycles. The van der Waals surface area contributed by atoms with Crippen molar-refractivity contribution in [1.29, 1.82) is 0 Å². The Kier molecular flexibility index (Phi) is 3.83. The van der Waals surface area contributed by atoms with E-state index in [-0.39, 0.29) is 5.91 Å². The largest absolute Gasteiger partial charge is 0.441 e. The average molecular weight is 265 g/mol. The van der Waals surface area contributed by atoms with E-state index in [9.17, 15) is 14.0 Å². The summed E-state index contributed by atoms with van der Waals surface area (Å²) in [5, 5.41) is 0. The lowest BCUT2D eigenvalue weighted by Gasteiger charge is -2.46. The smallest absolute Gasteiger partial charge is 0.304 e. The van der Waals surface area contributed by atoms with E-state index in [0.29, 0.717) is 6.54 Å². The summed E-state index contributed by atoms with van der Waals surface area (Å²) < 4.78 is 18.4. The lowest BCUT2D eigenvalue weighted by atomic mass is 9.90. The quantitative estimate of drug-likeness (QED) is 0.617. The van der Waals surface area contributed by atoms with Crippen LogP contribution in [0.4, 0.5) is 4.39 Å². The van der Waals surface area contributed by atoms with Gasteiger partial charge in [-0.3, -0.25) is 9.59 Å². The summed E-state index contributed by atoms with van der Waals surface area (Å²) in [4.78, 5) is 24.3. The highest BCUT2D eigenvalue weighted by atomic mass is 19.1. The van der Waals surface area contributed by atoms with Gasteiger partial charge in [0, 0.05) is 13.5 Å². The van der Waals surface area contributed by atoms with Crippen molar-refractivity contribution in [2.24, 2.45) is 5.92 Å². The Morgan fingerprint density at radius 1 is 1.42 bits per heavy atom. The van der Waals surface area contributed by atoms with Gasteiger partial charge in [-0.2, -0.15) is 0 Å². The summed E-state index contributed by atoms with van der Waals surface area (Å²) in [5.74, 6) is -1.71. The highest BCUT2D eigenvalue weighted by molar-refractivity contribution is 5.87. The van der Waals surface area contributed by atoms with Crippen LogP contribution < -0.4 is 0 Å². The molecule has 0 N–H and O–H groups in total. The number of ether oxygens (including phenoxy) is 1. The topological polar surface area (TPSA) is 46.6 Å². The highest BCUT2D eigenvalue weighted by Crippen LogP contribution is 2.33. The van der Waals surface area contributed by atoms with Gasteiger partial charge in [-0.15, -0.1) is 0 Å². The fraction of sp³-hybridized carbons (Fsp3) is 0.429. The highest BCUT2D eigenvalue weighted by Gasteiger charge is 2.52. The molecule has 0 spiro atoms. The number of carbonyl (C=O) groups excluding carboxylic acids is 2. The maximum atomic E-state index is 13.4. The Labute approximate surface area is 111 Å². The van der Waals surface area contributed by atoms with Gasteiger partial charge >= 0.3 is 5.97 Å². The van der Waals surface area contributed by atoms with Crippen LogP contribution in [-0.2, 0) is 20.9 Å². The molecule has 0 bridgehead atoms. The zero-order valence-corrected chi connectivity index (χ0v) is 10.9. The first kappa shape index (κ1) is 13.5.